The molecule has 1 aliphatic heterocycles. The number of benzene rings is 1. The Morgan fingerprint density at radius 3 is 2.71 bits per heavy atom. The lowest BCUT2D eigenvalue weighted by atomic mass is 9.99. The van der Waals surface area contributed by atoms with Crippen molar-refractivity contribution in [1.29, 1.82) is 0 Å². The molecule has 1 aliphatic rings. The number of rotatable bonds is 4. The van der Waals surface area contributed by atoms with Crippen molar-refractivity contribution in [2.45, 2.75) is 25.9 Å². The Morgan fingerprint density at radius 2 is 1.97 bits per heavy atom. The van der Waals surface area contributed by atoms with Gasteiger partial charge in [-0.05, 0) is 37.0 Å². The van der Waals surface area contributed by atoms with E-state index in [2.05, 4.69) is 32.2 Å². The summed E-state index contributed by atoms with van der Waals surface area (Å²) in [6, 6.07) is 4.27. The Morgan fingerprint density at radius 1 is 1.19 bits per heavy atom. The fourth-order valence-electron chi connectivity index (χ4n) is 3.51. The minimum absolute atomic E-state index is 0.0901. The van der Waals surface area contributed by atoms with Crippen molar-refractivity contribution in [3.63, 3.8) is 0 Å². The van der Waals surface area contributed by atoms with Gasteiger partial charge in [0.2, 0.25) is 0 Å². The Balaban J connectivity index is 1.53. The molecule has 1 amide bonds. The van der Waals surface area contributed by atoms with Crippen molar-refractivity contribution in [2.75, 3.05) is 23.3 Å². The van der Waals surface area contributed by atoms with Gasteiger partial charge in [-0.2, -0.15) is 18.3 Å². The van der Waals surface area contributed by atoms with E-state index in [0.717, 1.165) is 43.8 Å². The first-order chi connectivity index (χ1) is 14.8. The molecule has 3 heterocycles. The molecule has 0 spiro atoms. The monoisotopic (exact) mass is 430 g/mol. The molecule has 162 valence electrons. The summed E-state index contributed by atoms with van der Waals surface area (Å²) in [7, 11) is 0. The minimum Gasteiger partial charge on any atom is -0.367 e. The van der Waals surface area contributed by atoms with Gasteiger partial charge in [0.05, 0.1) is 29.8 Å². The van der Waals surface area contributed by atoms with Crippen LogP contribution in [0, 0.1) is 5.92 Å². The van der Waals surface area contributed by atoms with E-state index in [-0.39, 0.29) is 5.56 Å². The second-order valence-corrected chi connectivity index (χ2v) is 7.61. The number of hydrogen-bond acceptors (Lipinski definition) is 5. The molecule has 0 radical (unpaired) electrons. The van der Waals surface area contributed by atoms with Crippen LogP contribution in [0.5, 0.6) is 0 Å². The van der Waals surface area contributed by atoms with Gasteiger partial charge < -0.3 is 10.2 Å². The van der Waals surface area contributed by atoms with Crippen LogP contribution in [-0.2, 0) is 6.18 Å². The summed E-state index contributed by atoms with van der Waals surface area (Å²) in [6.07, 6.45) is 3.79. The predicted octanol–water partition coefficient (Wildman–Crippen LogP) is 4.17. The van der Waals surface area contributed by atoms with E-state index < -0.39 is 17.6 Å². The number of nitrogens with one attached hydrogen (secondary N) is 1. The first kappa shape index (κ1) is 20.8. The smallest absolute Gasteiger partial charge is 0.367 e. The standard InChI is InChI=1S/C21H21F3N6O/c1-14-5-7-29(8-6-14)18-11-25-13-26-19(18)30-12-17(10-27-30)28-20(31)15-3-2-4-16(9-15)21(22,23)24/h2-4,9-14H,5-8H2,1H3,(H,28,31). The summed E-state index contributed by atoms with van der Waals surface area (Å²) < 4.78 is 40.2. The van der Waals surface area contributed by atoms with Gasteiger partial charge >= 0.3 is 6.18 Å². The number of carbonyl (C=O) groups is 1. The summed E-state index contributed by atoms with van der Waals surface area (Å²) in [5.41, 5.74) is 0.220. The maximum atomic E-state index is 12.9. The zero-order valence-corrected chi connectivity index (χ0v) is 16.8. The van der Waals surface area contributed by atoms with Crippen LogP contribution in [0.4, 0.5) is 24.5 Å². The van der Waals surface area contributed by atoms with Gasteiger partial charge in [-0.1, -0.05) is 13.0 Å². The molecule has 0 atom stereocenters. The lowest BCUT2D eigenvalue weighted by molar-refractivity contribution is -0.137. The van der Waals surface area contributed by atoms with Crippen LogP contribution in [0.1, 0.15) is 35.7 Å². The van der Waals surface area contributed by atoms with E-state index in [4.69, 9.17) is 0 Å². The molecule has 0 aliphatic carbocycles. The van der Waals surface area contributed by atoms with E-state index in [1.54, 1.807) is 12.4 Å². The van der Waals surface area contributed by atoms with E-state index in [1.807, 2.05) is 0 Å². The van der Waals surface area contributed by atoms with Gasteiger partial charge in [0.15, 0.2) is 5.82 Å². The highest BCUT2D eigenvalue weighted by atomic mass is 19.4. The quantitative estimate of drug-likeness (QED) is 0.672. The number of alkyl halides is 3. The second-order valence-electron chi connectivity index (χ2n) is 7.61. The molecule has 0 unspecified atom stereocenters. The SMILES string of the molecule is CC1CCN(c2cncnc2-n2cc(NC(=O)c3cccc(C(F)(F)F)c3)cn2)CC1. The molecule has 0 saturated carbocycles. The summed E-state index contributed by atoms with van der Waals surface area (Å²) in [6.45, 7) is 4.01. The maximum absolute atomic E-state index is 12.9. The zero-order chi connectivity index (χ0) is 22.0. The molecule has 1 saturated heterocycles. The van der Waals surface area contributed by atoms with Crippen LogP contribution in [0.25, 0.3) is 5.82 Å². The van der Waals surface area contributed by atoms with Crippen molar-refractivity contribution in [3.05, 3.63) is 60.3 Å². The van der Waals surface area contributed by atoms with Gasteiger partial charge in [-0.15, -0.1) is 0 Å². The normalized spacial score (nSPS) is 15.2. The lowest BCUT2D eigenvalue weighted by Gasteiger charge is -2.32. The summed E-state index contributed by atoms with van der Waals surface area (Å²) in [5.74, 6) is 0.592. The summed E-state index contributed by atoms with van der Waals surface area (Å²) >= 11 is 0. The van der Waals surface area contributed by atoms with Crippen molar-refractivity contribution < 1.29 is 18.0 Å². The highest BCUT2D eigenvalue weighted by Crippen LogP contribution is 2.30. The highest BCUT2D eigenvalue weighted by molar-refractivity contribution is 6.04. The summed E-state index contributed by atoms with van der Waals surface area (Å²) in [5, 5.41) is 6.85. The molecule has 10 heteroatoms. The van der Waals surface area contributed by atoms with Crippen molar-refractivity contribution in [1.82, 2.24) is 19.7 Å². The van der Waals surface area contributed by atoms with E-state index in [9.17, 15) is 18.0 Å². The third kappa shape index (κ3) is 4.68. The third-order valence-corrected chi connectivity index (χ3v) is 5.31. The minimum atomic E-state index is -4.52. The van der Waals surface area contributed by atoms with Gasteiger partial charge in [0, 0.05) is 18.7 Å². The number of aromatic nitrogens is 4. The largest absolute Gasteiger partial charge is 0.416 e. The highest BCUT2D eigenvalue weighted by Gasteiger charge is 2.31. The van der Waals surface area contributed by atoms with Crippen LogP contribution in [0.15, 0.2) is 49.2 Å². The molecular weight excluding hydrogens is 409 g/mol. The molecule has 1 fully saturated rings. The molecule has 1 aromatic carbocycles. The number of hydrogen-bond donors (Lipinski definition) is 1. The average molecular weight is 430 g/mol. The number of nitrogens with zero attached hydrogens (tertiary/aromatic N) is 5. The van der Waals surface area contributed by atoms with E-state index >= 15 is 0 Å². The van der Waals surface area contributed by atoms with Crippen molar-refractivity contribution >= 4 is 17.3 Å². The average Bonchev–Trinajstić information content (AvgIpc) is 3.22. The topological polar surface area (TPSA) is 75.9 Å². The van der Waals surface area contributed by atoms with Crippen LogP contribution in [0.2, 0.25) is 0 Å². The molecule has 3 aromatic rings. The maximum Gasteiger partial charge on any atom is 0.416 e. The van der Waals surface area contributed by atoms with E-state index in [0.29, 0.717) is 17.4 Å². The molecule has 31 heavy (non-hydrogen) atoms. The Labute approximate surface area is 176 Å². The number of piperidine rings is 1. The van der Waals surface area contributed by atoms with Crippen LogP contribution >= 0.6 is 0 Å². The number of anilines is 2. The number of amides is 1. The van der Waals surface area contributed by atoms with Crippen LogP contribution in [-0.4, -0.2) is 38.7 Å². The summed E-state index contributed by atoms with van der Waals surface area (Å²) in [4.78, 5) is 23.1. The fraction of sp³-hybridized carbons (Fsp3) is 0.333. The van der Waals surface area contributed by atoms with Gasteiger partial charge in [-0.3, -0.25) is 4.79 Å². The molecule has 2 aromatic heterocycles. The fourth-order valence-corrected chi connectivity index (χ4v) is 3.51. The van der Waals surface area contributed by atoms with Crippen molar-refractivity contribution in [2.24, 2.45) is 5.92 Å². The first-order valence-corrected chi connectivity index (χ1v) is 9.90. The molecule has 7 nitrogen and oxygen atoms in total. The second kappa shape index (κ2) is 8.37. The van der Waals surface area contributed by atoms with E-state index in [1.165, 1.54) is 29.3 Å². The number of carbonyl (C=O) groups excluding carboxylic acids is 1. The lowest BCUT2D eigenvalue weighted by Crippen LogP contribution is -2.33. The van der Waals surface area contributed by atoms with Gasteiger partial charge in [-0.25, -0.2) is 14.6 Å². The number of halogens is 3. The molecule has 0 bridgehead atoms. The van der Waals surface area contributed by atoms with Gasteiger partial charge in [0.1, 0.15) is 12.0 Å². The Kier molecular flexibility index (Phi) is 5.62. The Hall–Kier alpha value is -3.43. The van der Waals surface area contributed by atoms with Crippen LogP contribution in [0.3, 0.4) is 0 Å². The predicted molar refractivity (Wildman–Crippen MR) is 109 cm³/mol. The van der Waals surface area contributed by atoms with Crippen molar-refractivity contribution in [3.8, 4) is 5.82 Å². The molecular formula is C21H21F3N6O. The van der Waals surface area contributed by atoms with Gasteiger partial charge in [0.25, 0.3) is 5.91 Å². The first-order valence-electron chi connectivity index (χ1n) is 9.90. The molecule has 1 N–H and O–H groups in total. The molecule has 4 rings (SSSR count). The Bertz CT molecular complexity index is 1070. The third-order valence-electron chi connectivity index (χ3n) is 5.31. The zero-order valence-electron chi connectivity index (χ0n) is 16.8. The van der Waals surface area contributed by atoms with Crippen LogP contribution < -0.4 is 10.2 Å².